The second-order valence-corrected chi connectivity index (χ2v) is 7.44. The number of hydrogen-bond donors (Lipinski definition) is 2. The number of benzene rings is 4. The molecule has 4 aromatic carbocycles. The Morgan fingerprint density at radius 2 is 1.62 bits per heavy atom. The van der Waals surface area contributed by atoms with Gasteiger partial charge < -0.3 is 24.9 Å². The first-order chi connectivity index (χ1) is 16.5. The fourth-order valence-electron chi connectivity index (χ4n) is 3.43. The van der Waals surface area contributed by atoms with Gasteiger partial charge >= 0.3 is 0 Å². The molecule has 0 saturated heterocycles. The zero-order valence-corrected chi connectivity index (χ0v) is 19.5. The van der Waals surface area contributed by atoms with Crippen LogP contribution in [0, 0.1) is 6.92 Å². The lowest BCUT2D eigenvalue weighted by Crippen LogP contribution is -2.25. The monoisotopic (exact) mass is 456 g/mol. The highest BCUT2D eigenvalue weighted by molar-refractivity contribution is 6.07. The first kappa shape index (κ1) is 24.3. The number of nitrogens with one attached hydrogen (secondary N) is 2. The van der Waals surface area contributed by atoms with E-state index in [0.717, 1.165) is 39.3 Å². The molecule has 0 aliphatic rings. The zero-order valence-electron chi connectivity index (χ0n) is 19.5. The van der Waals surface area contributed by atoms with E-state index in [9.17, 15) is 9.59 Å². The van der Waals surface area contributed by atoms with E-state index in [4.69, 9.17) is 9.47 Å². The summed E-state index contributed by atoms with van der Waals surface area (Å²) in [7, 11) is 3.53. The largest absolute Gasteiger partial charge is 0.497 e. The normalized spacial score (nSPS) is 9.97. The molecule has 34 heavy (non-hydrogen) atoms. The van der Waals surface area contributed by atoms with Crippen LogP contribution >= 0.6 is 0 Å². The summed E-state index contributed by atoms with van der Waals surface area (Å²) in [6.07, 6.45) is 0.670. The van der Waals surface area contributed by atoms with Crippen LogP contribution in [0.1, 0.15) is 15.9 Å². The third kappa shape index (κ3) is 6.36. The van der Waals surface area contributed by atoms with Crippen LogP contribution < -0.4 is 20.1 Å². The van der Waals surface area contributed by atoms with Crippen LogP contribution in [0.2, 0.25) is 0 Å². The average Bonchev–Trinajstić information content (AvgIpc) is 2.87. The van der Waals surface area contributed by atoms with Crippen molar-refractivity contribution in [1.29, 1.82) is 0 Å². The van der Waals surface area contributed by atoms with Crippen molar-refractivity contribution in [3.05, 3.63) is 96.1 Å². The Kier molecular flexibility index (Phi) is 8.63. The number of anilines is 1. The third-order valence-electron chi connectivity index (χ3n) is 5.02. The van der Waals surface area contributed by atoms with Gasteiger partial charge in [0.1, 0.15) is 23.5 Å². The summed E-state index contributed by atoms with van der Waals surface area (Å²) in [5.41, 5.74) is 2.66. The van der Waals surface area contributed by atoms with Gasteiger partial charge in [-0.15, -0.1) is 0 Å². The minimum absolute atomic E-state index is 0.0437. The van der Waals surface area contributed by atoms with E-state index in [-0.39, 0.29) is 12.5 Å². The zero-order chi connectivity index (χ0) is 24.3. The Morgan fingerprint density at radius 3 is 2.38 bits per heavy atom. The molecule has 0 fully saturated rings. The molecule has 174 valence electrons. The molecule has 0 saturated carbocycles. The highest BCUT2D eigenvalue weighted by Crippen LogP contribution is 2.31. The lowest BCUT2D eigenvalue weighted by atomic mass is 10.0. The van der Waals surface area contributed by atoms with Gasteiger partial charge in [0, 0.05) is 18.7 Å². The van der Waals surface area contributed by atoms with Crippen molar-refractivity contribution >= 4 is 28.7 Å². The summed E-state index contributed by atoms with van der Waals surface area (Å²) in [5.74, 6) is 2.15. The number of rotatable bonds is 7. The van der Waals surface area contributed by atoms with E-state index in [0.29, 0.717) is 11.8 Å². The summed E-state index contributed by atoms with van der Waals surface area (Å²) < 4.78 is 11.1. The highest BCUT2D eigenvalue weighted by atomic mass is 16.5. The number of methoxy groups -OCH3 is 1. The number of carbonyl (C=O) groups excluding carboxylic acids is 2. The van der Waals surface area contributed by atoms with E-state index in [2.05, 4.69) is 10.6 Å². The van der Waals surface area contributed by atoms with Crippen molar-refractivity contribution in [2.75, 3.05) is 26.0 Å². The number of carbonyl (C=O) groups is 2. The molecule has 0 heterocycles. The molecule has 0 radical (unpaired) electrons. The van der Waals surface area contributed by atoms with Crippen molar-refractivity contribution in [2.24, 2.45) is 0 Å². The van der Waals surface area contributed by atoms with Gasteiger partial charge in [-0.3, -0.25) is 4.79 Å². The minimum Gasteiger partial charge on any atom is -0.497 e. The standard InChI is InChI=1S/C15H17NO2.C13H11NO2/c1-11-8-12(17-3)10-13(9-11)18-15-7-5-4-6-14(15)16-2;15-9-8-14-13(16)12-7-3-5-10-4-1-2-6-11(10)12/h4-10,16H,1-3H3;1-7,9H,8H2,(H,14,16). The van der Waals surface area contributed by atoms with E-state index in [1.54, 1.807) is 13.2 Å². The van der Waals surface area contributed by atoms with Crippen LogP contribution in [0.3, 0.4) is 0 Å². The topological polar surface area (TPSA) is 76.7 Å². The van der Waals surface area contributed by atoms with E-state index < -0.39 is 0 Å². The number of ether oxygens (including phenoxy) is 2. The van der Waals surface area contributed by atoms with Crippen molar-refractivity contribution < 1.29 is 19.1 Å². The second-order valence-electron chi connectivity index (χ2n) is 7.44. The van der Waals surface area contributed by atoms with Crippen LogP contribution in [0.15, 0.2) is 84.9 Å². The fourth-order valence-corrected chi connectivity index (χ4v) is 3.43. The van der Waals surface area contributed by atoms with E-state index in [1.165, 1.54) is 0 Å². The van der Waals surface area contributed by atoms with Gasteiger partial charge in [-0.25, -0.2) is 0 Å². The van der Waals surface area contributed by atoms with E-state index >= 15 is 0 Å². The molecule has 0 bridgehead atoms. The molecule has 0 aliphatic carbocycles. The lowest BCUT2D eigenvalue weighted by molar-refractivity contribution is -0.107. The molecule has 0 aliphatic heterocycles. The summed E-state index contributed by atoms with van der Waals surface area (Å²) in [4.78, 5) is 21.9. The van der Waals surface area contributed by atoms with E-state index in [1.807, 2.05) is 92.8 Å². The number of hydrogen-bond acceptors (Lipinski definition) is 5. The van der Waals surface area contributed by atoms with Crippen molar-refractivity contribution in [3.8, 4) is 17.2 Å². The van der Waals surface area contributed by atoms with Crippen LogP contribution in [0.4, 0.5) is 5.69 Å². The summed E-state index contributed by atoms with van der Waals surface area (Å²) >= 11 is 0. The van der Waals surface area contributed by atoms with Gasteiger partial charge in [0.2, 0.25) is 0 Å². The SMILES string of the molecule is CNc1ccccc1Oc1cc(C)cc(OC)c1.O=CCNC(=O)c1cccc2ccccc12. The van der Waals surface area contributed by atoms with Crippen molar-refractivity contribution in [1.82, 2.24) is 5.32 Å². The Hall–Kier alpha value is -4.32. The molecule has 6 heteroatoms. The number of fused-ring (bicyclic) bond motifs is 1. The molecule has 4 aromatic rings. The van der Waals surface area contributed by atoms with Crippen LogP contribution in [0.25, 0.3) is 10.8 Å². The summed E-state index contributed by atoms with van der Waals surface area (Å²) in [6.45, 7) is 2.06. The molecule has 0 atom stereocenters. The van der Waals surface area contributed by atoms with Crippen LogP contribution in [0.5, 0.6) is 17.2 Å². The smallest absolute Gasteiger partial charge is 0.252 e. The number of aldehydes is 1. The molecule has 0 spiro atoms. The first-order valence-electron chi connectivity index (χ1n) is 10.9. The van der Waals surface area contributed by atoms with Crippen molar-refractivity contribution in [3.63, 3.8) is 0 Å². The quantitative estimate of drug-likeness (QED) is 0.354. The molecule has 2 N–H and O–H groups in total. The lowest BCUT2D eigenvalue weighted by Gasteiger charge is -2.12. The maximum Gasteiger partial charge on any atom is 0.252 e. The number of amides is 1. The maximum absolute atomic E-state index is 11.7. The number of para-hydroxylation sites is 2. The van der Waals surface area contributed by atoms with Gasteiger partial charge in [-0.05, 0) is 53.6 Å². The van der Waals surface area contributed by atoms with Gasteiger partial charge in [0.15, 0.2) is 0 Å². The highest BCUT2D eigenvalue weighted by Gasteiger charge is 2.08. The summed E-state index contributed by atoms with van der Waals surface area (Å²) in [6, 6.07) is 26.8. The summed E-state index contributed by atoms with van der Waals surface area (Å²) in [5, 5.41) is 7.55. The van der Waals surface area contributed by atoms with Crippen molar-refractivity contribution in [2.45, 2.75) is 6.92 Å². The maximum atomic E-state index is 11.7. The van der Waals surface area contributed by atoms with Crippen LogP contribution in [-0.4, -0.2) is 32.9 Å². The van der Waals surface area contributed by atoms with Gasteiger partial charge in [0.05, 0.1) is 19.3 Å². The fraction of sp³-hybridized carbons (Fsp3) is 0.143. The third-order valence-corrected chi connectivity index (χ3v) is 5.02. The van der Waals surface area contributed by atoms with Gasteiger partial charge in [0.25, 0.3) is 5.91 Å². The van der Waals surface area contributed by atoms with Gasteiger partial charge in [-0.1, -0.05) is 48.5 Å². The molecular weight excluding hydrogens is 428 g/mol. The Labute approximate surface area is 199 Å². The molecular formula is C28H28N2O4. The molecule has 1 amide bonds. The minimum atomic E-state index is -0.219. The Bertz CT molecular complexity index is 1260. The second kappa shape index (κ2) is 12.1. The average molecular weight is 457 g/mol. The predicted octanol–water partition coefficient (Wildman–Crippen LogP) is 5.61. The Morgan fingerprint density at radius 1 is 0.912 bits per heavy atom. The molecule has 4 rings (SSSR count). The molecule has 0 unspecified atom stereocenters. The molecule has 0 aromatic heterocycles. The predicted molar refractivity (Wildman–Crippen MR) is 136 cm³/mol. The number of aryl methyl sites for hydroxylation is 1. The Balaban J connectivity index is 0.000000192. The van der Waals surface area contributed by atoms with Crippen LogP contribution in [-0.2, 0) is 4.79 Å². The molecule has 6 nitrogen and oxygen atoms in total. The van der Waals surface area contributed by atoms with Gasteiger partial charge in [-0.2, -0.15) is 0 Å². The first-order valence-corrected chi connectivity index (χ1v) is 10.9.